The third-order valence-corrected chi connectivity index (χ3v) is 6.10. The molecule has 32 heavy (non-hydrogen) atoms. The molecule has 1 aromatic heterocycles. The molecule has 0 aliphatic heterocycles. The van der Waals surface area contributed by atoms with Gasteiger partial charge in [0.25, 0.3) is 5.91 Å². The van der Waals surface area contributed by atoms with Crippen LogP contribution in [0.1, 0.15) is 63.1 Å². The molecule has 2 aromatic carbocycles. The number of carbonyl (C=O) groups excluding carboxylic acids is 1. The highest BCUT2D eigenvalue weighted by atomic mass is 32.1. The van der Waals surface area contributed by atoms with Gasteiger partial charge in [0.2, 0.25) is 0 Å². The standard InChI is InChI=1S/C26H29NO4S/c1-16-10-12-19(13-11-16)31-15-18-8-6-7-9-20(18)23(28)27-24-22(25(29)30)21(17(2)32-24)14-26(3,4)5/h6-13H,14-15H2,1-5H3,(H,27,28)(H,29,30). The van der Waals surface area contributed by atoms with Gasteiger partial charge in [-0.05, 0) is 49.4 Å². The summed E-state index contributed by atoms with van der Waals surface area (Å²) in [6.45, 7) is 10.3. The Kier molecular flexibility index (Phi) is 7.04. The maximum atomic E-state index is 13.1. The lowest BCUT2D eigenvalue weighted by molar-refractivity contribution is 0.0697. The van der Waals surface area contributed by atoms with E-state index in [4.69, 9.17) is 4.74 Å². The Balaban J connectivity index is 1.84. The van der Waals surface area contributed by atoms with Crippen LogP contribution in [0.4, 0.5) is 5.00 Å². The van der Waals surface area contributed by atoms with Gasteiger partial charge in [0.15, 0.2) is 0 Å². The Bertz CT molecular complexity index is 1120. The molecule has 0 unspecified atom stereocenters. The van der Waals surface area contributed by atoms with Crippen molar-refractivity contribution in [3.8, 4) is 5.75 Å². The SMILES string of the molecule is Cc1ccc(OCc2ccccc2C(=O)Nc2sc(C)c(CC(C)(C)C)c2C(=O)O)cc1. The molecule has 0 fully saturated rings. The summed E-state index contributed by atoms with van der Waals surface area (Å²) in [5.74, 6) is -0.654. The van der Waals surface area contributed by atoms with Gasteiger partial charge in [-0.1, -0.05) is 56.7 Å². The molecule has 0 saturated heterocycles. The predicted molar refractivity (Wildman–Crippen MR) is 129 cm³/mol. The van der Waals surface area contributed by atoms with Crippen LogP contribution in [-0.2, 0) is 13.0 Å². The van der Waals surface area contributed by atoms with Gasteiger partial charge in [0.05, 0.1) is 5.56 Å². The second-order valence-corrected chi connectivity index (χ2v) is 10.3. The van der Waals surface area contributed by atoms with E-state index >= 15 is 0 Å². The minimum atomic E-state index is -1.03. The molecule has 0 radical (unpaired) electrons. The summed E-state index contributed by atoms with van der Waals surface area (Å²) < 4.78 is 5.86. The molecule has 0 aliphatic carbocycles. The molecule has 1 amide bonds. The van der Waals surface area contributed by atoms with Gasteiger partial charge in [-0.15, -0.1) is 11.3 Å². The summed E-state index contributed by atoms with van der Waals surface area (Å²) in [5.41, 5.74) is 3.22. The van der Waals surface area contributed by atoms with Crippen LogP contribution in [0.15, 0.2) is 48.5 Å². The number of anilines is 1. The molecule has 1 heterocycles. The van der Waals surface area contributed by atoms with Crippen molar-refractivity contribution in [2.75, 3.05) is 5.32 Å². The van der Waals surface area contributed by atoms with Crippen LogP contribution in [0.2, 0.25) is 0 Å². The first-order chi connectivity index (χ1) is 15.0. The predicted octanol–water partition coefficient (Wildman–Crippen LogP) is 6.48. The zero-order valence-corrected chi connectivity index (χ0v) is 19.9. The van der Waals surface area contributed by atoms with E-state index in [0.29, 0.717) is 17.0 Å². The molecular weight excluding hydrogens is 422 g/mol. The van der Waals surface area contributed by atoms with Crippen molar-refractivity contribution in [1.82, 2.24) is 0 Å². The van der Waals surface area contributed by atoms with Gasteiger partial charge >= 0.3 is 5.97 Å². The van der Waals surface area contributed by atoms with Gasteiger partial charge in [0, 0.05) is 16.0 Å². The van der Waals surface area contributed by atoms with Crippen LogP contribution in [0, 0.1) is 19.3 Å². The zero-order valence-electron chi connectivity index (χ0n) is 19.1. The van der Waals surface area contributed by atoms with E-state index < -0.39 is 5.97 Å². The van der Waals surface area contributed by atoms with Crippen molar-refractivity contribution in [2.45, 2.75) is 47.6 Å². The Morgan fingerprint density at radius 2 is 1.69 bits per heavy atom. The van der Waals surface area contributed by atoms with Crippen LogP contribution in [0.5, 0.6) is 5.75 Å². The van der Waals surface area contributed by atoms with Gasteiger partial charge in [-0.2, -0.15) is 0 Å². The van der Waals surface area contributed by atoms with Crippen molar-refractivity contribution < 1.29 is 19.4 Å². The number of hydrogen-bond acceptors (Lipinski definition) is 4. The number of hydrogen-bond donors (Lipinski definition) is 2. The number of aromatic carboxylic acids is 1. The van der Waals surface area contributed by atoms with Gasteiger partial charge in [-0.3, -0.25) is 4.79 Å². The van der Waals surface area contributed by atoms with E-state index in [9.17, 15) is 14.7 Å². The first-order valence-electron chi connectivity index (χ1n) is 10.5. The number of nitrogens with one attached hydrogen (secondary N) is 1. The van der Waals surface area contributed by atoms with E-state index in [-0.39, 0.29) is 23.5 Å². The van der Waals surface area contributed by atoms with E-state index in [2.05, 4.69) is 26.1 Å². The quantitative estimate of drug-likeness (QED) is 0.431. The van der Waals surface area contributed by atoms with E-state index in [1.165, 1.54) is 11.3 Å². The summed E-state index contributed by atoms with van der Waals surface area (Å²) in [6.07, 6.45) is 0.619. The number of carbonyl (C=O) groups is 2. The maximum Gasteiger partial charge on any atom is 0.339 e. The minimum absolute atomic E-state index is 0.0722. The van der Waals surface area contributed by atoms with Crippen molar-refractivity contribution in [1.29, 1.82) is 0 Å². The number of rotatable bonds is 7. The Morgan fingerprint density at radius 1 is 1.03 bits per heavy atom. The van der Waals surface area contributed by atoms with E-state index in [1.807, 2.05) is 50.2 Å². The lowest BCUT2D eigenvalue weighted by Crippen LogP contribution is -2.17. The molecule has 3 rings (SSSR count). The average Bonchev–Trinajstić information content (AvgIpc) is 3.01. The van der Waals surface area contributed by atoms with Crippen molar-refractivity contribution >= 4 is 28.2 Å². The van der Waals surface area contributed by atoms with Crippen LogP contribution < -0.4 is 10.1 Å². The van der Waals surface area contributed by atoms with Crippen LogP contribution in [0.25, 0.3) is 0 Å². The molecular formula is C26H29NO4S. The number of aryl methyl sites for hydroxylation is 2. The molecule has 0 bridgehead atoms. The van der Waals surface area contributed by atoms with Gasteiger partial charge in [-0.25, -0.2) is 4.79 Å². The number of thiophene rings is 1. The molecule has 0 saturated carbocycles. The number of ether oxygens (including phenoxy) is 1. The topological polar surface area (TPSA) is 75.6 Å². The molecule has 2 N–H and O–H groups in total. The highest BCUT2D eigenvalue weighted by Crippen LogP contribution is 2.37. The summed E-state index contributed by atoms with van der Waals surface area (Å²) in [6, 6.07) is 14.9. The third kappa shape index (κ3) is 5.77. The Labute approximate surface area is 193 Å². The molecule has 0 atom stereocenters. The summed E-state index contributed by atoms with van der Waals surface area (Å²) in [5, 5.41) is 13.1. The van der Waals surface area contributed by atoms with Crippen LogP contribution in [0.3, 0.4) is 0 Å². The highest BCUT2D eigenvalue weighted by Gasteiger charge is 2.26. The second-order valence-electron chi connectivity index (χ2n) is 9.10. The van der Waals surface area contributed by atoms with Crippen molar-refractivity contribution in [2.24, 2.45) is 5.41 Å². The van der Waals surface area contributed by atoms with E-state index in [1.54, 1.807) is 12.1 Å². The van der Waals surface area contributed by atoms with E-state index in [0.717, 1.165) is 27.3 Å². The Morgan fingerprint density at radius 3 is 2.31 bits per heavy atom. The summed E-state index contributed by atoms with van der Waals surface area (Å²) in [4.78, 5) is 26.1. The smallest absolute Gasteiger partial charge is 0.339 e. The maximum absolute atomic E-state index is 13.1. The number of carboxylic acid groups (broad SMARTS) is 1. The lowest BCUT2D eigenvalue weighted by atomic mass is 9.86. The molecule has 0 spiro atoms. The first kappa shape index (κ1) is 23.5. The Hall–Kier alpha value is -3.12. The molecule has 5 nitrogen and oxygen atoms in total. The van der Waals surface area contributed by atoms with Gasteiger partial charge < -0.3 is 15.2 Å². The third-order valence-electron chi connectivity index (χ3n) is 5.03. The summed E-state index contributed by atoms with van der Waals surface area (Å²) >= 11 is 1.31. The van der Waals surface area contributed by atoms with Crippen molar-refractivity contribution in [3.05, 3.63) is 81.2 Å². The normalized spacial score (nSPS) is 11.3. The van der Waals surface area contributed by atoms with Gasteiger partial charge in [0.1, 0.15) is 17.4 Å². The highest BCUT2D eigenvalue weighted by molar-refractivity contribution is 7.16. The summed E-state index contributed by atoms with van der Waals surface area (Å²) in [7, 11) is 0. The zero-order chi connectivity index (χ0) is 23.5. The second kappa shape index (κ2) is 9.57. The largest absolute Gasteiger partial charge is 0.489 e. The lowest BCUT2D eigenvalue weighted by Gasteiger charge is -2.18. The molecule has 168 valence electrons. The fourth-order valence-corrected chi connectivity index (χ4v) is 4.53. The monoisotopic (exact) mass is 451 g/mol. The first-order valence-corrected chi connectivity index (χ1v) is 11.3. The van der Waals surface area contributed by atoms with Crippen molar-refractivity contribution in [3.63, 3.8) is 0 Å². The van der Waals surface area contributed by atoms with Crippen LogP contribution >= 0.6 is 11.3 Å². The number of benzene rings is 2. The molecule has 3 aromatic rings. The average molecular weight is 452 g/mol. The fraction of sp³-hybridized carbons (Fsp3) is 0.308. The molecule has 0 aliphatic rings. The minimum Gasteiger partial charge on any atom is -0.489 e. The fourth-order valence-electron chi connectivity index (χ4n) is 3.47. The van der Waals surface area contributed by atoms with Crippen LogP contribution in [-0.4, -0.2) is 17.0 Å². The number of amides is 1. The number of carboxylic acids is 1. The molecule has 6 heteroatoms.